The van der Waals surface area contributed by atoms with Crippen LogP contribution in [0.1, 0.15) is 11.1 Å². The zero-order valence-corrected chi connectivity index (χ0v) is 17.9. The SMILES string of the molecule is COc1ccc(C2=C(Nc3ccc(F)c(F)c3)C(=O)N(Cc3ccccc3OC)C2=O)cc1. The number of hydrogen-bond donors (Lipinski definition) is 1. The second-order valence-corrected chi connectivity index (χ2v) is 7.24. The third-order valence-corrected chi connectivity index (χ3v) is 5.26. The van der Waals surface area contributed by atoms with Crippen molar-refractivity contribution in [1.29, 1.82) is 0 Å². The van der Waals surface area contributed by atoms with Gasteiger partial charge in [-0.25, -0.2) is 8.78 Å². The number of ether oxygens (including phenoxy) is 2. The third kappa shape index (κ3) is 4.27. The van der Waals surface area contributed by atoms with Crippen LogP contribution >= 0.6 is 0 Å². The van der Waals surface area contributed by atoms with Crippen LogP contribution in [0.2, 0.25) is 0 Å². The minimum atomic E-state index is -1.07. The molecule has 2 amide bonds. The molecule has 1 N–H and O–H groups in total. The number of amides is 2. The summed E-state index contributed by atoms with van der Waals surface area (Å²) in [7, 11) is 3.02. The van der Waals surface area contributed by atoms with Gasteiger partial charge >= 0.3 is 0 Å². The molecule has 3 aromatic rings. The molecule has 8 heteroatoms. The summed E-state index contributed by atoms with van der Waals surface area (Å²) in [4.78, 5) is 27.8. The van der Waals surface area contributed by atoms with Crippen molar-refractivity contribution in [2.45, 2.75) is 6.54 Å². The Bertz CT molecular complexity index is 1260. The Kier molecular flexibility index (Phi) is 6.08. The molecule has 3 aromatic carbocycles. The van der Waals surface area contributed by atoms with Gasteiger partial charge in [0.2, 0.25) is 0 Å². The molecule has 0 unspecified atom stereocenters. The maximum Gasteiger partial charge on any atom is 0.278 e. The number of carbonyl (C=O) groups excluding carboxylic acids is 2. The van der Waals surface area contributed by atoms with E-state index < -0.39 is 23.4 Å². The molecule has 6 nitrogen and oxygen atoms in total. The molecule has 0 radical (unpaired) electrons. The van der Waals surface area contributed by atoms with Gasteiger partial charge in [0.1, 0.15) is 17.2 Å². The lowest BCUT2D eigenvalue weighted by Gasteiger charge is -2.17. The van der Waals surface area contributed by atoms with E-state index in [2.05, 4.69) is 5.32 Å². The van der Waals surface area contributed by atoms with Crippen LogP contribution in [0.5, 0.6) is 11.5 Å². The van der Waals surface area contributed by atoms with Gasteiger partial charge in [0.05, 0.1) is 26.3 Å². The predicted octanol–water partition coefficient (Wildman–Crippen LogP) is 4.37. The zero-order valence-electron chi connectivity index (χ0n) is 17.9. The van der Waals surface area contributed by atoms with E-state index in [1.165, 1.54) is 20.3 Å². The molecular weight excluding hydrogens is 430 g/mol. The number of para-hydroxylation sites is 1. The average molecular weight is 450 g/mol. The predicted molar refractivity (Wildman–Crippen MR) is 118 cm³/mol. The molecule has 1 heterocycles. The van der Waals surface area contributed by atoms with Crippen LogP contribution in [-0.4, -0.2) is 30.9 Å². The Hall–Kier alpha value is -4.20. The van der Waals surface area contributed by atoms with Gasteiger partial charge in [-0.15, -0.1) is 0 Å². The first-order valence-electron chi connectivity index (χ1n) is 10.0. The van der Waals surface area contributed by atoms with Gasteiger partial charge in [-0.2, -0.15) is 0 Å². The van der Waals surface area contributed by atoms with Crippen LogP contribution in [0.3, 0.4) is 0 Å². The number of halogens is 2. The lowest BCUT2D eigenvalue weighted by molar-refractivity contribution is -0.137. The van der Waals surface area contributed by atoms with Crippen LogP contribution in [0.15, 0.2) is 72.4 Å². The lowest BCUT2D eigenvalue weighted by Crippen LogP contribution is -2.32. The van der Waals surface area contributed by atoms with Crippen molar-refractivity contribution in [2.24, 2.45) is 0 Å². The Morgan fingerprint density at radius 2 is 1.58 bits per heavy atom. The molecule has 1 aliphatic rings. The summed E-state index contributed by atoms with van der Waals surface area (Å²) in [5, 5.41) is 2.81. The maximum absolute atomic E-state index is 13.8. The first-order valence-corrected chi connectivity index (χ1v) is 10.0. The fourth-order valence-corrected chi connectivity index (χ4v) is 3.58. The van der Waals surface area contributed by atoms with E-state index in [1.54, 1.807) is 48.5 Å². The average Bonchev–Trinajstić information content (AvgIpc) is 3.06. The third-order valence-electron chi connectivity index (χ3n) is 5.26. The smallest absolute Gasteiger partial charge is 0.278 e. The molecular formula is C25H20F2N2O4. The van der Waals surface area contributed by atoms with Crippen molar-refractivity contribution >= 4 is 23.1 Å². The fraction of sp³-hybridized carbons (Fsp3) is 0.120. The molecule has 0 aromatic heterocycles. The lowest BCUT2D eigenvalue weighted by atomic mass is 10.0. The number of carbonyl (C=O) groups is 2. The maximum atomic E-state index is 13.8. The van der Waals surface area contributed by atoms with Gasteiger partial charge in [0, 0.05) is 17.3 Å². The molecule has 0 spiro atoms. The number of methoxy groups -OCH3 is 2. The van der Waals surface area contributed by atoms with Crippen molar-refractivity contribution < 1.29 is 27.8 Å². The summed E-state index contributed by atoms with van der Waals surface area (Å²) >= 11 is 0. The number of anilines is 1. The van der Waals surface area contributed by atoms with Crippen LogP contribution in [0, 0.1) is 11.6 Å². The molecule has 0 aliphatic carbocycles. The second kappa shape index (κ2) is 9.12. The standard InChI is InChI=1S/C25H20F2N2O4/c1-32-18-10-7-15(8-11-18)22-23(28-17-9-12-19(26)20(27)13-17)25(31)29(24(22)30)14-16-5-3-4-6-21(16)33-2/h3-13,28H,14H2,1-2H3. The minimum Gasteiger partial charge on any atom is -0.497 e. The summed E-state index contributed by atoms with van der Waals surface area (Å²) < 4.78 is 37.6. The van der Waals surface area contributed by atoms with E-state index in [4.69, 9.17) is 9.47 Å². The fourth-order valence-electron chi connectivity index (χ4n) is 3.58. The van der Waals surface area contributed by atoms with Gasteiger partial charge < -0.3 is 14.8 Å². The van der Waals surface area contributed by atoms with Crippen molar-refractivity contribution in [2.75, 3.05) is 19.5 Å². The Morgan fingerprint density at radius 1 is 0.848 bits per heavy atom. The van der Waals surface area contributed by atoms with Gasteiger partial charge in [-0.05, 0) is 35.9 Å². The van der Waals surface area contributed by atoms with Crippen molar-refractivity contribution in [1.82, 2.24) is 4.90 Å². The highest BCUT2D eigenvalue weighted by atomic mass is 19.2. The van der Waals surface area contributed by atoms with Gasteiger partial charge in [-0.1, -0.05) is 30.3 Å². The molecule has 0 saturated heterocycles. The van der Waals surface area contributed by atoms with Gasteiger partial charge in [0.15, 0.2) is 11.6 Å². The molecule has 0 bridgehead atoms. The van der Waals surface area contributed by atoms with E-state index in [1.807, 2.05) is 0 Å². The van der Waals surface area contributed by atoms with Gasteiger partial charge in [0.25, 0.3) is 11.8 Å². The highest BCUT2D eigenvalue weighted by Crippen LogP contribution is 2.33. The van der Waals surface area contributed by atoms with Crippen LogP contribution < -0.4 is 14.8 Å². The molecule has 33 heavy (non-hydrogen) atoms. The molecule has 0 saturated carbocycles. The molecule has 4 rings (SSSR count). The largest absolute Gasteiger partial charge is 0.497 e. The highest BCUT2D eigenvalue weighted by Gasteiger charge is 2.39. The van der Waals surface area contributed by atoms with Crippen LogP contribution in [0.4, 0.5) is 14.5 Å². The first-order chi connectivity index (χ1) is 15.9. The summed E-state index contributed by atoms with van der Waals surface area (Å²) in [6.07, 6.45) is 0. The van der Waals surface area contributed by atoms with Crippen LogP contribution in [0.25, 0.3) is 5.57 Å². The molecule has 0 fully saturated rings. The van der Waals surface area contributed by atoms with E-state index >= 15 is 0 Å². The van der Waals surface area contributed by atoms with E-state index in [9.17, 15) is 18.4 Å². The Morgan fingerprint density at radius 3 is 2.24 bits per heavy atom. The van der Waals surface area contributed by atoms with Gasteiger partial charge in [-0.3, -0.25) is 14.5 Å². The van der Waals surface area contributed by atoms with Crippen molar-refractivity contribution in [3.8, 4) is 11.5 Å². The summed E-state index contributed by atoms with van der Waals surface area (Å²) in [5.41, 5.74) is 1.33. The highest BCUT2D eigenvalue weighted by molar-refractivity contribution is 6.36. The Labute approximate surface area is 189 Å². The number of rotatable bonds is 7. The summed E-state index contributed by atoms with van der Waals surface area (Å²) in [5.74, 6) is -2.10. The summed E-state index contributed by atoms with van der Waals surface area (Å²) in [6.45, 7) is -0.0235. The first kappa shape index (κ1) is 22.0. The van der Waals surface area contributed by atoms with E-state index in [0.717, 1.165) is 17.0 Å². The van der Waals surface area contributed by atoms with Crippen molar-refractivity contribution in [3.63, 3.8) is 0 Å². The topological polar surface area (TPSA) is 67.9 Å². The van der Waals surface area contributed by atoms with E-state index in [-0.39, 0.29) is 23.5 Å². The molecule has 0 atom stereocenters. The monoisotopic (exact) mass is 450 g/mol. The Balaban J connectivity index is 1.75. The number of nitrogens with zero attached hydrogens (tertiary/aromatic N) is 1. The normalized spacial score (nSPS) is 13.5. The molecule has 1 aliphatic heterocycles. The number of imide groups is 1. The van der Waals surface area contributed by atoms with Crippen LogP contribution in [-0.2, 0) is 16.1 Å². The zero-order chi connectivity index (χ0) is 23.5. The quantitative estimate of drug-likeness (QED) is 0.542. The number of benzene rings is 3. The minimum absolute atomic E-state index is 0.0235. The second-order valence-electron chi connectivity index (χ2n) is 7.24. The number of hydrogen-bond acceptors (Lipinski definition) is 5. The van der Waals surface area contributed by atoms with E-state index in [0.29, 0.717) is 22.6 Å². The summed E-state index contributed by atoms with van der Waals surface area (Å²) in [6, 6.07) is 16.8. The molecule has 168 valence electrons. The van der Waals surface area contributed by atoms with Crippen molar-refractivity contribution in [3.05, 3.63) is 95.2 Å². The number of nitrogens with one attached hydrogen (secondary N) is 1.